The Hall–Kier alpha value is -1.11. The molecule has 6 nitrogen and oxygen atoms in total. The molecule has 15 heavy (non-hydrogen) atoms. The number of halogens is 1. The number of nitrogens with zero attached hydrogens (tertiary/aromatic N) is 2. The van der Waals surface area contributed by atoms with E-state index >= 15 is 0 Å². The van der Waals surface area contributed by atoms with E-state index < -0.39 is 11.5 Å². The van der Waals surface area contributed by atoms with Gasteiger partial charge in [0.25, 0.3) is 0 Å². The molecule has 0 amide bonds. The Kier molecular flexibility index (Phi) is 3.67. The molecule has 0 aliphatic carbocycles. The summed E-state index contributed by atoms with van der Waals surface area (Å²) in [6.07, 6.45) is 0. The van der Waals surface area contributed by atoms with Crippen LogP contribution in [0.1, 0.15) is 41.6 Å². The number of carboxylic acid groups (broad SMARTS) is 1. The Morgan fingerprint density at radius 1 is 1.67 bits per heavy atom. The van der Waals surface area contributed by atoms with Gasteiger partial charge in [-0.2, -0.15) is 10.6 Å². The van der Waals surface area contributed by atoms with Crippen LogP contribution in [0.15, 0.2) is 6.07 Å². The predicted octanol–water partition coefficient (Wildman–Crippen LogP) is 1.38. The van der Waals surface area contributed by atoms with Crippen LogP contribution >= 0.6 is 11.6 Å². The number of hydroxylamine groups is 1. The first-order valence-corrected chi connectivity index (χ1v) is 4.77. The third kappa shape index (κ3) is 2.47. The van der Waals surface area contributed by atoms with Gasteiger partial charge in [0.15, 0.2) is 5.69 Å². The molecule has 3 N–H and O–H groups in total. The van der Waals surface area contributed by atoms with Crippen LogP contribution in [-0.4, -0.2) is 26.1 Å². The highest BCUT2D eigenvalue weighted by Gasteiger charge is 2.19. The molecule has 0 aliphatic heterocycles. The first-order chi connectivity index (χ1) is 6.97. The lowest BCUT2D eigenvalue weighted by atomic mass is 10.3. The average molecular weight is 234 g/mol. The van der Waals surface area contributed by atoms with Crippen molar-refractivity contribution in [1.29, 1.82) is 0 Å². The Bertz CT molecular complexity index is 364. The summed E-state index contributed by atoms with van der Waals surface area (Å²) in [6.45, 7) is 3.67. The molecule has 7 heteroatoms. The molecule has 0 aromatic carbocycles. The van der Waals surface area contributed by atoms with Gasteiger partial charge in [-0.1, -0.05) is 11.6 Å². The summed E-state index contributed by atoms with van der Waals surface area (Å²) >= 11 is 5.74. The molecule has 0 radical (unpaired) electrons. The summed E-state index contributed by atoms with van der Waals surface area (Å²) in [4.78, 5) is 10.7. The van der Waals surface area contributed by atoms with Gasteiger partial charge in [-0.3, -0.25) is 4.68 Å². The van der Waals surface area contributed by atoms with Crippen molar-refractivity contribution in [1.82, 2.24) is 15.3 Å². The van der Waals surface area contributed by atoms with Crippen LogP contribution in [-0.2, 0) is 0 Å². The topological polar surface area (TPSA) is 87.4 Å². The fourth-order valence-electron chi connectivity index (χ4n) is 1.18. The van der Waals surface area contributed by atoms with Crippen LogP contribution in [0.2, 0.25) is 0 Å². The molecular formula is C8H12ClN3O3. The number of alkyl halides is 1. The fourth-order valence-corrected chi connectivity index (χ4v) is 1.35. The lowest BCUT2D eigenvalue weighted by Gasteiger charge is -2.13. The van der Waals surface area contributed by atoms with Crippen molar-refractivity contribution in [2.45, 2.75) is 25.4 Å². The smallest absolute Gasteiger partial charge is 0.356 e. The zero-order valence-electron chi connectivity index (χ0n) is 8.31. The number of aromatic nitrogens is 2. The summed E-state index contributed by atoms with van der Waals surface area (Å²) in [5.74, 6) is -1.13. The van der Waals surface area contributed by atoms with E-state index in [-0.39, 0.29) is 11.7 Å². The van der Waals surface area contributed by atoms with Crippen molar-refractivity contribution in [3.63, 3.8) is 0 Å². The molecule has 1 rings (SSSR count). The summed E-state index contributed by atoms with van der Waals surface area (Å²) < 4.78 is 1.45. The van der Waals surface area contributed by atoms with Gasteiger partial charge in [-0.25, -0.2) is 4.79 Å². The molecule has 1 atom stereocenters. The zero-order valence-corrected chi connectivity index (χ0v) is 9.06. The number of hydrogen-bond acceptors (Lipinski definition) is 4. The van der Waals surface area contributed by atoms with Crippen molar-refractivity contribution in [2.24, 2.45) is 0 Å². The molecule has 0 aliphatic rings. The number of carboxylic acids is 1. The molecule has 1 aromatic heterocycles. The zero-order chi connectivity index (χ0) is 11.6. The van der Waals surface area contributed by atoms with Crippen LogP contribution in [0.25, 0.3) is 0 Å². The summed E-state index contributed by atoms with van der Waals surface area (Å²) in [6, 6.07) is 1.28. The number of nitrogens with one attached hydrogen (secondary N) is 1. The largest absolute Gasteiger partial charge is 0.476 e. The predicted molar refractivity (Wildman–Crippen MR) is 53.1 cm³/mol. The highest BCUT2D eigenvalue weighted by Crippen LogP contribution is 2.21. The van der Waals surface area contributed by atoms with Crippen LogP contribution in [0.4, 0.5) is 0 Å². The van der Waals surface area contributed by atoms with E-state index in [1.54, 1.807) is 0 Å². The fraction of sp³-hybridized carbons (Fsp3) is 0.500. The maximum atomic E-state index is 10.7. The van der Waals surface area contributed by atoms with Gasteiger partial charge in [-0.05, 0) is 19.9 Å². The Balaban J connectivity index is 3.17. The van der Waals surface area contributed by atoms with Gasteiger partial charge in [0, 0.05) is 6.04 Å². The minimum absolute atomic E-state index is 0.0392. The van der Waals surface area contributed by atoms with E-state index in [9.17, 15) is 4.79 Å². The maximum absolute atomic E-state index is 10.7. The molecular weight excluding hydrogens is 222 g/mol. The van der Waals surface area contributed by atoms with Gasteiger partial charge in [0.2, 0.25) is 0 Å². The molecule has 1 heterocycles. The number of carbonyl (C=O) groups is 1. The number of hydrogen-bond donors (Lipinski definition) is 3. The van der Waals surface area contributed by atoms with Crippen molar-refractivity contribution in [3.05, 3.63) is 17.5 Å². The summed E-state index contributed by atoms with van der Waals surface area (Å²) in [7, 11) is 0. The van der Waals surface area contributed by atoms with Crippen LogP contribution < -0.4 is 5.48 Å². The monoisotopic (exact) mass is 233 g/mol. The normalized spacial score (nSPS) is 13.1. The quantitative estimate of drug-likeness (QED) is 0.415. The highest BCUT2D eigenvalue weighted by atomic mass is 35.5. The van der Waals surface area contributed by atoms with Gasteiger partial charge < -0.3 is 10.3 Å². The Morgan fingerprint density at radius 2 is 2.27 bits per heavy atom. The van der Waals surface area contributed by atoms with Crippen molar-refractivity contribution < 1.29 is 15.1 Å². The van der Waals surface area contributed by atoms with Crippen molar-refractivity contribution >= 4 is 17.6 Å². The van der Waals surface area contributed by atoms with Crippen molar-refractivity contribution in [2.75, 3.05) is 0 Å². The van der Waals surface area contributed by atoms with E-state index in [4.69, 9.17) is 21.9 Å². The third-order valence-corrected chi connectivity index (χ3v) is 2.17. The van der Waals surface area contributed by atoms with Crippen LogP contribution in [0, 0.1) is 0 Å². The molecule has 1 unspecified atom stereocenters. The summed E-state index contributed by atoms with van der Waals surface area (Å²) in [5.41, 5.74) is 1.27. The van der Waals surface area contributed by atoms with E-state index in [0.29, 0.717) is 5.69 Å². The van der Waals surface area contributed by atoms with E-state index in [1.165, 1.54) is 10.7 Å². The lowest BCUT2D eigenvalue weighted by Crippen LogP contribution is -2.17. The molecule has 0 spiro atoms. The van der Waals surface area contributed by atoms with E-state index in [0.717, 1.165) is 0 Å². The molecule has 0 saturated heterocycles. The molecule has 84 valence electrons. The number of rotatable bonds is 4. The van der Waals surface area contributed by atoms with Crippen LogP contribution in [0.3, 0.4) is 0 Å². The SMILES string of the molecule is CC(C)n1nc(C(=O)O)cc1C(Cl)NO. The van der Waals surface area contributed by atoms with Crippen LogP contribution in [0.5, 0.6) is 0 Å². The Morgan fingerprint density at radius 3 is 2.67 bits per heavy atom. The maximum Gasteiger partial charge on any atom is 0.356 e. The van der Waals surface area contributed by atoms with E-state index in [1.807, 2.05) is 19.3 Å². The average Bonchev–Trinajstić information content (AvgIpc) is 2.61. The Labute approximate surface area is 91.4 Å². The van der Waals surface area contributed by atoms with E-state index in [2.05, 4.69) is 5.10 Å². The van der Waals surface area contributed by atoms with Crippen molar-refractivity contribution in [3.8, 4) is 0 Å². The first-order valence-electron chi connectivity index (χ1n) is 4.33. The molecule has 0 fully saturated rings. The van der Waals surface area contributed by atoms with Gasteiger partial charge in [0.1, 0.15) is 5.50 Å². The molecule has 0 bridgehead atoms. The van der Waals surface area contributed by atoms with Gasteiger partial charge in [-0.15, -0.1) is 0 Å². The lowest BCUT2D eigenvalue weighted by molar-refractivity contribution is 0.0689. The second kappa shape index (κ2) is 4.61. The van der Waals surface area contributed by atoms with Gasteiger partial charge in [0.05, 0.1) is 5.69 Å². The second-order valence-electron chi connectivity index (χ2n) is 3.29. The first kappa shape index (κ1) is 12.0. The minimum atomic E-state index is -1.13. The molecule has 0 saturated carbocycles. The standard InChI is InChI=1S/C8H12ClN3O3/c1-4(2)12-6(7(9)11-15)3-5(10-12)8(13)14/h3-4,7,11,15H,1-2H3,(H,13,14). The second-order valence-corrected chi connectivity index (χ2v) is 3.73. The highest BCUT2D eigenvalue weighted by molar-refractivity contribution is 6.20. The molecule has 1 aromatic rings. The number of aromatic carboxylic acids is 1. The summed E-state index contributed by atoms with van der Waals surface area (Å²) in [5, 5.41) is 21.3. The third-order valence-electron chi connectivity index (χ3n) is 1.85. The minimum Gasteiger partial charge on any atom is -0.476 e. The van der Waals surface area contributed by atoms with Gasteiger partial charge >= 0.3 is 5.97 Å².